The third-order valence-electron chi connectivity index (χ3n) is 10.7. The summed E-state index contributed by atoms with van der Waals surface area (Å²) in [4.78, 5) is 64.5. The van der Waals surface area contributed by atoms with Gasteiger partial charge in [0.05, 0.1) is 0 Å². The molecule has 0 saturated heterocycles. The molecule has 0 saturated carbocycles. The first-order chi connectivity index (χ1) is 32.3. The van der Waals surface area contributed by atoms with Crippen LogP contribution in [0.5, 0.6) is 0 Å². The molecule has 0 spiro atoms. The lowest BCUT2D eigenvalue weighted by atomic mass is 10.2. The van der Waals surface area contributed by atoms with E-state index in [4.69, 9.17) is 39.8 Å². The van der Waals surface area contributed by atoms with Gasteiger partial charge < -0.3 is 66.4 Å². The van der Waals surface area contributed by atoms with E-state index in [-0.39, 0.29) is 22.3 Å². The van der Waals surface area contributed by atoms with Gasteiger partial charge in [-0.2, -0.15) is 0 Å². The van der Waals surface area contributed by atoms with E-state index in [0.717, 1.165) is 89.9 Å². The Balaban J connectivity index is 4.65. The van der Waals surface area contributed by atoms with Gasteiger partial charge in [0.1, 0.15) is 0 Å². The average molecular weight is 1070 g/mol. The summed E-state index contributed by atoms with van der Waals surface area (Å²) in [5.41, 5.74) is 0. The molecule has 0 rings (SSSR count). The Morgan fingerprint density at radius 3 is 0.836 bits per heavy atom. The van der Waals surface area contributed by atoms with E-state index in [9.17, 15) is 24.0 Å². The molecule has 0 radical (unpaired) electrons. The third-order valence-corrected chi connectivity index (χ3v) is 21.9. The van der Waals surface area contributed by atoms with Gasteiger partial charge in [-0.15, -0.1) is 0 Å². The molecule has 0 aromatic heterocycles. The zero-order chi connectivity index (χ0) is 50.1. The smallest absolute Gasteiger partial charge is 0.377 e. The molecule has 0 aromatic rings. The number of imide groups is 1. The van der Waals surface area contributed by atoms with Crippen molar-refractivity contribution < 1.29 is 63.8 Å². The number of nitrogens with zero attached hydrogens (tertiary/aromatic N) is 1. The molecule has 0 aliphatic heterocycles. The number of rotatable bonds is 42. The molecule has 0 aliphatic rings. The maximum absolute atomic E-state index is 13.3. The van der Waals surface area contributed by atoms with Crippen LogP contribution in [-0.2, 0) is 39.8 Å². The lowest BCUT2D eigenvalue weighted by Gasteiger charge is -2.24. The second-order valence-electron chi connectivity index (χ2n) is 15.2. The molecule has 0 unspecified atom stereocenters. The SMILES string of the molecule is CO[Si](CCCSC(=O)NCCCCCCNC(=O)N(CCCCCCNC(=O)SCCC[Si](OC)(OC)OC)C(=O)NCCCCCCNC(=O)SCCC[Si](OC)(OC)OC)(OC)OC. The van der Waals surface area contributed by atoms with E-state index in [1.165, 1.54) is 40.2 Å². The number of hydrogen-bond acceptors (Lipinski definition) is 17. The summed E-state index contributed by atoms with van der Waals surface area (Å²) in [7, 11) is 6.28. The standard InChI is InChI=1S/C41H86N6O14S3Si3/c1-53-65(54-2,55-3)34-22-31-62-39(50)44-27-18-12-10-16-25-42-37(48)47(30-21-15-14-20-29-46-41(52)64-33-24-36-67(59-7,60-8)61-9)38(49)43-26-17-11-13-19-28-45-40(51)63-32-23-35-66(56-4,57-5)58-6/h10-36H2,1-9H3,(H,42,48)(H,43,49)(H,44,50)(H,45,51)(H,46,52). The van der Waals surface area contributed by atoms with Crippen LogP contribution in [0.15, 0.2) is 0 Å². The number of urea groups is 2. The molecule has 67 heavy (non-hydrogen) atoms. The summed E-state index contributed by atoms with van der Waals surface area (Å²) in [5.74, 6) is 1.91. The first-order valence-electron chi connectivity index (χ1n) is 23.4. The van der Waals surface area contributed by atoms with Crippen molar-refractivity contribution in [1.82, 2.24) is 31.5 Å². The van der Waals surface area contributed by atoms with E-state index in [0.29, 0.717) is 74.5 Å². The molecular weight excluding hydrogens is 981 g/mol. The summed E-state index contributed by atoms with van der Waals surface area (Å²) in [6, 6.07) is 1.05. The Kier molecular flexibility index (Phi) is 41.2. The van der Waals surface area contributed by atoms with E-state index >= 15 is 0 Å². The fourth-order valence-electron chi connectivity index (χ4n) is 6.59. The van der Waals surface area contributed by atoms with E-state index < -0.39 is 38.5 Å². The van der Waals surface area contributed by atoms with Gasteiger partial charge in [0.25, 0.3) is 15.7 Å². The minimum Gasteiger partial charge on any atom is -0.377 e. The van der Waals surface area contributed by atoms with E-state index in [1.807, 2.05) is 0 Å². The summed E-state index contributed by atoms with van der Waals surface area (Å²) >= 11 is 3.70. The van der Waals surface area contributed by atoms with Gasteiger partial charge >= 0.3 is 38.5 Å². The Morgan fingerprint density at radius 1 is 0.343 bits per heavy atom. The lowest BCUT2D eigenvalue weighted by molar-refractivity contribution is 0.123. The van der Waals surface area contributed by atoms with Gasteiger partial charge in [0, 0.05) is 139 Å². The Hall–Kier alpha value is -1.51. The molecule has 20 nitrogen and oxygen atoms in total. The molecular formula is C41H86N6O14S3Si3. The van der Waals surface area contributed by atoms with Crippen LogP contribution in [0.25, 0.3) is 0 Å². The maximum Gasteiger partial charge on any atom is 0.500 e. The summed E-state index contributed by atoms with van der Waals surface area (Å²) < 4.78 is 48.8. The first kappa shape index (κ1) is 65.5. The van der Waals surface area contributed by atoms with Crippen LogP contribution in [0.2, 0.25) is 18.1 Å². The fourth-order valence-corrected chi connectivity index (χ4v) is 14.6. The number of amides is 7. The highest BCUT2D eigenvalue weighted by Crippen LogP contribution is 2.20. The van der Waals surface area contributed by atoms with Crippen LogP contribution < -0.4 is 26.6 Å². The van der Waals surface area contributed by atoms with Gasteiger partial charge in [-0.05, 0) is 57.8 Å². The summed E-state index contributed by atoms with van der Waals surface area (Å²) in [5, 5.41) is 14.4. The highest BCUT2D eigenvalue weighted by Gasteiger charge is 2.38. The summed E-state index contributed by atoms with van der Waals surface area (Å²) in [6.07, 6.45) is 11.9. The van der Waals surface area contributed by atoms with E-state index in [1.54, 1.807) is 64.0 Å². The highest BCUT2D eigenvalue weighted by molar-refractivity contribution is 8.14. The van der Waals surface area contributed by atoms with Gasteiger partial charge in [0.2, 0.25) is 0 Å². The molecule has 0 aliphatic carbocycles. The van der Waals surface area contributed by atoms with Crippen molar-refractivity contribution in [2.24, 2.45) is 0 Å². The topological polar surface area (TPSA) is 232 Å². The number of carbonyl (C=O) groups is 5. The summed E-state index contributed by atoms with van der Waals surface area (Å²) in [6.45, 7) is 2.82. The normalized spacial score (nSPS) is 11.9. The first-order valence-corrected chi connectivity index (χ1v) is 32.1. The van der Waals surface area contributed by atoms with E-state index in [2.05, 4.69) is 26.6 Å². The number of thioether (sulfide) groups is 3. The second-order valence-corrected chi connectivity index (χ2v) is 27.7. The predicted molar refractivity (Wildman–Crippen MR) is 275 cm³/mol. The average Bonchev–Trinajstić information content (AvgIpc) is 3.34. The Labute approximate surface area is 417 Å². The third kappa shape index (κ3) is 31.4. The van der Waals surface area contributed by atoms with Crippen molar-refractivity contribution in [3.05, 3.63) is 0 Å². The van der Waals surface area contributed by atoms with Crippen molar-refractivity contribution >= 4 is 89.5 Å². The molecule has 0 heterocycles. The molecule has 0 aromatic carbocycles. The molecule has 0 atom stereocenters. The van der Waals surface area contributed by atoms with Crippen LogP contribution in [0, 0.1) is 0 Å². The van der Waals surface area contributed by atoms with Gasteiger partial charge in [-0.3, -0.25) is 14.4 Å². The van der Waals surface area contributed by atoms with Crippen LogP contribution in [-0.4, -0.2) is 180 Å². The molecule has 0 fully saturated rings. The zero-order valence-electron chi connectivity index (χ0n) is 42.0. The minimum atomic E-state index is -2.64. The monoisotopic (exact) mass is 1070 g/mol. The number of nitrogens with one attached hydrogen (secondary N) is 5. The molecule has 7 amide bonds. The van der Waals surface area contributed by atoms with Crippen LogP contribution in [0.1, 0.15) is 96.3 Å². The number of carbonyl (C=O) groups excluding carboxylic acids is 5. The minimum absolute atomic E-state index is 0.0644. The highest BCUT2D eigenvalue weighted by atomic mass is 32.2. The Bertz CT molecular complexity index is 1230. The van der Waals surface area contributed by atoms with Crippen molar-refractivity contribution in [2.45, 2.75) is 114 Å². The maximum atomic E-state index is 13.3. The van der Waals surface area contributed by atoms with Crippen molar-refractivity contribution in [1.29, 1.82) is 0 Å². The van der Waals surface area contributed by atoms with Crippen LogP contribution >= 0.6 is 35.3 Å². The molecule has 0 bridgehead atoms. The van der Waals surface area contributed by atoms with Crippen LogP contribution in [0.4, 0.5) is 24.0 Å². The molecule has 394 valence electrons. The number of unbranched alkanes of at least 4 members (excludes halogenated alkanes) is 9. The molecule has 5 N–H and O–H groups in total. The van der Waals surface area contributed by atoms with Gasteiger partial charge in [-0.1, -0.05) is 73.8 Å². The zero-order valence-corrected chi connectivity index (χ0v) is 47.4. The lowest BCUT2D eigenvalue weighted by Crippen LogP contribution is -2.49. The van der Waals surface area contributed by atoms with Gasteiger partial charge in [0.15, 0.2) is 0 Å². The molecule has 26 heteroatoms. The fraction of sp³-hybridized carbons (Fsp3) is 0.878. The number of hydrogen-bond donors (Lipinski definition) is 5. The second kappa shape index (κ2) is 42.2. The van der Waals surface area contributed by atoms with Crippen LogP contribution in [0.3, 0.4) is 0 Å². The van der Waals surface area contributed by atoms with Crippen molar-refractivity contribution in [3.63, 3.8) is 0 Å². The quantitative estimate of drug-likeness (QED) is 0.0294. The van der Waals surface area contributed by atoms with Crippen molar-refractivity contribution in [3.8, 4) is 0 Å². The van der Waals surface area contributed by atoms with Gasteiger partial charge in [-0.25, -0.2) is 14.5 Å². The van der Waals surface area contributed by atoms with Crippen molar-refractivity contribution in [2.75, 3.05) is 121 Å². The largest absolute Gasteiger partial charge is 0.500 e. The Morgan fingerprint density at radius 2 is 0.582 bits per heavy atom. The predicted octanol–water partition coefficient (Wildman–Crippen LogP) is 7.52.